The van der Waals surface area contributed by atoms with Gasteiger partial charge in [0.1, 0.15) is 11.3 Å². The van der Waals surface area contributed by atoms with E-state index in [-0.39, 0.29) is 28.8 Å². The molecule has 2 heterocycles. The Kier molecular flexibility index (Phi) is 5.10. The van der Waals surface area contributed by atoms with Gasteiger partial charge in [0.05, 0.1) is 6.42 Å². The molecule has 0 spiro atoms. The Morgan fingerprint density at radius 1 is 1.17 bits per heavy atom. The molecule has 1 saturated carbocycles. The van der Waals surface area contributed by atoms with Gasteiger partial charge in [-0.1, -0.05) is 24.3 Å². The van der Waals surface area contributed by atoms with Gasteiger partial charge in [0.25, 0.3) is 0 Å². The molecule has 4 rings (SSSR count). The fourth-order valence-corrected chi connectivity index (χ4v) is 3.77. The van der Waals surface area contributed by atoms with Gasteiger partial charge in [-0.3, -0.25) is 4.79 Å². The summed E-state index contributed by atoms with van der Waals surface area (Å²) in [6.07, 6.45) is 0.415. The molecule has 8 heteroatoms. The van der Waals surface area contributed by atoms with Crippen molar-refractivity contribution in [3.05, 3.63) is 64.6 Å². The lowest BCUT2D eigenvalue weighted by molar-refractivity contribution is -0.606. The minimum Gasteiger partial charge on any atom is -0.619 e. The maximum atomic E-state index is 12.9. The molecule has 1 N–H and O–H groups in total. The van der Waals surface area contributed by atoms with Gasteiger partial charge >= 0.3 is 6.18 Å². The highest BCUT2D eigenvalue weighted by Gasteiger charge is 2.35. The first-order valence-corrected chi connectivity index (χ1v) is 9.72. The van der Waals surface area contributed by atoms with E-state index in [9.17, 15) is 23.2 Å². The summed E-state index contributed by atoms with van der Waals surface area (Å²) in [5, 5.41) is 14.5. The molecule has 29 heavy (non-hydrogen) atoms. The molecule has 1 aliphatic heterocycles. The monoisotopic (exact) mass is 405 g/mol. The van der Waals surface area contributed by atoms with E-state index in [4.69, 9.17) is 0 Å². The van der Waals surface area contributed by atoms with Crippen molar-refractivity contribution in [1.29, 1.82) is 0 Å². The summed E-state index contributed by atoms with van der Waals surface area (Å²) < 4.78 is 39.0. The standard InChI is InChI=1S/C21H22F3N3O2/c22-21(23,24)17-10-19(13-27(29)11-17)26-8-7-18(12-26)25-20(28)9-14-1-3-15(4-2-14)16-5-6-16/h1-4,10-11,13,16,18H,5-9,12H2,(H,25,28)/t18-/m1/s1. The molecular weight excluding hydrogens is 383 g/mol. The van der Waals surface area contributed by atoms with Crippen LogP contribution in [0.4, 0.5) is 18.9 Å². The predicted molar refractivity (Wildman–Crippen MR) is 101 cm³/mol. The Labute approximate surface area is 166 Å². The van der Waals surface area contributed by atoms with E-state index in [0.29, 0.717) is 31.6 Å². The van der Waals surface area contributed by atoms with Crippen LogP contribution in [0.3, 0.4) is 0 Å². The molecule has 1 aromatic heterocycles. The van der Waals surface area contributed by atoms with Crippen LogP contribution < -0.4 is 14.9 Å². The zero-order valence-corrected chi connectivity index (χ0v) is 15.8. The van der Waals surface area contributed by atoms with Gasteiger partial charge in [0.2, 0.25) is 12.1 Å². The summed E-state index contributed by atoms with van der Waals surface area (Å²) in [7, 11) is 0. The van der Waals surface area contributed by atoms with Gasteiger partial charge in [0.15, 0.2) is 6.20 Å². The van der Waals surface area contributed by atoms with Crippen molar-refractivity contribution >= 4 is 11.6 Å². The molecule has 1 aliphatic carbocycles. The normalized spacial score (nSPS) is 19.4. The Morgan fingerprint density at radius 2 is 1.90 bits per heavy atom. The van der Waals surface area contributed by atoms with Gasteiger partial charge in [-0.15, -0.1) is 0 Å². The molecule has 1 aromatic carbocycles. The number of hydrogen-bond acceptors (Lipinski definition) is 3. The number of nitrogens with one attached hydrogen (secondary N) is 1. The Hall–Kier alpha value is -2.77. The second kappa shape index (κ2) is 7.57. The third-order valence-electron chi connectivity index (χ3n) is 5.47. The van der Waals surface area contributed by atoms with E-state index in [1.54, 1.807) is 4.90 Å². The fraction of sp³-hybridized carbons (Fsp3) is 0.429. The summed E-state index contributed by atoms with van der Waals surface area (Å²) in [6.45, 7) is 0.843. The van der Waals surface area contributed by atoms with Crippen LogP contribution in [0, 0.1) is 5.21 Å². The molecule has 0 bridgehead atoms. The van der Waals surface area contributed by atoms with Crippen molar-refractivity contribution in [2.45, 2.75) is 43.8 Å². The molecule has 1 atom stereocenters. The summed E-state index contributed by atoms with van der Waals surface area (Å²) in [5.41, 5.74) is 1.48. The highest BCUT2D eigenvalue weighted by Crippen LogP contribution is 2.39. The van der Waals surface area contributed by atoms with Crippen LogP contribution in [-0.2, 0) is 17.4 Å². The number of pyridine rings is 1. The molecule has 0 unspecified atom stereocenters. The van der Waals surface area contributed by atoms with E-state index in [1.807, 2.05) is 12.1 Å². The second-order valence-corrected chi connectivity index (χ2v) is 7.83. The fourth-order valence-electron chi connectivity index (χ4n) is 3.77. The smallest absolute Gasteiger partial charge is 0.422 e. The quantitative estimate of drug-likeness (QED) is 0.614. The van der Waals surface area contributed by atoms with Crippen LogP contribution in [-0.4, -0.2) is 25.0 Å². The SMILES string of the molecule is O=C(Cc1ccc(C2CC2)cc1)N[C@@H]1CCN(c2cc(C(F)(F)F)c[n+]([O-])c2)C1. The third kappa shape index (κ3) is 4.81. The highest BCUT2D eigenvalue weighted by atomic mass is 19.4. The highest BCUT2D eigenvalue weighted by molar-refractivity contribution is 5.79. The van der Waals surface area contributed by atoms with Crippen molar-refractivity contribution in [2.24, 2.45) is 0 Å². The van der Waals surface area contributed by atoms with Gasteiger partial charge in [-0.05, 0) is 42.4 Å². The molecule has 2 aliphatic rings. The average molecular weight is 405 g/mol. The zero-order chi connectivity index (χ0) is 20.6. The van der Waals surface area contributed by atoms with Crippen molar-refractivity contribution in [2.75, 3.05) is 18.0 Å². The number of anilines is 1. The summed E-state index contributed by atoms with van der Waals surface area (Å²) in [4.78, 5) is 14.0. The van der Waals surface area contributed by atoms with Crippen LogP contribution in [0.1, 0.15) is 41.9 Å². The maximum Gasteiger partial charge on any atom is 0.422 e. The first-order valence-electron chi connectivity index (χ1n) is 9.72. The molecule has 2 aromatic rings. The van der Waals surface area contributed by atoms with Gasteiger partial charge < -0.3 is 15.4 Å². The molecule has 5 nitrogen and oxygen atoms in total. The number of carbonyl (C=O) groups is 1. The van der Waals surface area contributed by atoms with Gasteiger partial charge in [-0.25, -0.2) is 0 Å². The molecule has 1 saturated heterocycles. The van der Waals surface area contributed by atoms with Crippen molar-refractivity contribution in [3.8, 4) is 0 Å². The second-order valence-electron chi connectivity index (χ2n) is 7.83. The number of carbonyl (C=O) groups excluding carboxylic acids is 1. The minimum absolute atomic E-state index is 0.112. The topological polar surface area (TPSA) is 59.3 Å². The van der Waals surface area contributed by atoms with Crippen LogP contribution in [0.2, 0.25) is 0 Å². The Balaban J connectivity index is 1.33. The van der Waals surface area contributed by atoms with E-state index < -0.39 is 11.7 Å². The molecule has 1 amide bonds. The third-order valence-corrected chi connectivity index (χ3v) is 5.47. The first kappa shape index (κ1) is 19.5. The molecule has 154 valence electrons. The summed E-state index contributed by atoms with van der Waals surface area (Å²) in [6, 6.07) is 8.91. The number of amides is 1. The lowest BCUT2D eigenvalue weighted by Gasteiger charge is -2.19. The number of aromatic nitrogens is 1. The van der Waals surface area contributed by atoms with E-state index >= 15 is 0 Å². The van der Waals surface area contributed by atoms with E-state index in [0.717, 1.165) is 17.8 Å². The number of alkyl halides is 3. The molecule has 0 radical (unpaired) electrons. The molecule has 2 fully saturated rings. The number of rotatable bonds is 5. The number of benzene rings is 1. The zero-order valence-electron chi connectivity index (χ0n) is 15.8. The van der Waals surface area contributed by atoms with Crippen LogP contribution in [0.25, 0.3) is 0 Å². The number of nitrogens with zero attached hydrogens (tertiary/aromatic N) is 2. The average Bonchev–Trinajstić information content (AvgIpc) is 3.40. The number of halogens is 3. The van der Waals surface area contributed by atoms with Crippen molar-refractivity contribution in [3.63, 3.8) is 0 Å². The van der Waals surface area contributed by atoms with Crippen LogP contribution >= 0.6 is 0 Å². The van der Waals surface area contributed by atoms with Gasteiger partial charge in [0, 0.05) is 19.1 Å². The number of hydrogen-bond donors (Lipinski definition) is 1. The predicted octanol–water partition coefficient (Wildman–Crippen LogP) is 3.15. The maximum absolute atomic E-state index is 12.9. The molecular formula is C21H22F3N3O2. The van der Waals surface area contributed by atoms with Crippen molar-refractivity contribution in [1.82, 2.24) is 5.32 Å². The Morgan fingerprint density at radius 3 is 2.55 bits per heavy atom. The summed E-state index contributed by atoms with van der Waals surface area (Å²) >= 11 is 0. The first-order chi connectivity index (χ1) is 13.8. The van der Waals surface area contributed by atoms with Crippen molar-refractivity contribution < 1.29 is 22.7 Å². The van der Waals surface area contributed by atoms with Crippen LogP contribution in [0.5, 0.6) is 0 Å². The van der Waals surface area contributed by atoms with E-state index in [1.165, 1.54) is 18.4 Å². The van der Waals surface area contributed by atoms with Crippen LogP contribution in [0.15, 0.2) is 42.7 Å². The lowest BCUT2D eigenvalue weighted by atomic mass is 10.1. The van der Waals surface area contributed by atoms with E-state index in [2.05, 4.69) is 17.4 Å². The minimum atomic E-state index is -4.58. The van der Waals surface area contributed by atoms with Gasteiger partial charge in [-0.2, -0.15) is 17.9 Å². The Bertz CT molecular complexity index is 895. The largest absolute Gasteiger partial charge is 0.619 e. The summed E-state index contributed by atoms with van der Waals surface area (Å²) in [5.74, 6) is 0.560. The lowest BCUT2D eigenvalue weighted by Crippen LogP contribution is -2.38.